The first-order chi connectivity index (χ1) is 9.78. The molecule has 0 aliphatic carbocycles. The number of hydrogen-bond donors (Lipinski definition) is 1. The summed E-state index contributed by atoms with van der Waals surface area (Å²) in [5.74, 6) is 0. The predicted octanol–water partition coefficient (Wildman–Crippen LogP) is 4.47. The topological polar surface area (TPSA) is 42.2 Å². The monoisotopic (exact) mass is 359 g/mol. The number of nitrogen functional groups attached to an aromatic ring is 1. The molecule has 0 atom stereocenters. The maximum atomic E-state index is 6.10. The van der Waals surface area contributed by atoms with Gasteiger partial charge in [-0.05, 0) is 43.4 Å². The van der Waals surface area contributed by atoms with Crippen LogP contribution in [0, 0.1) is 0 Å². The Hall–Kier alpha value is -0.970. The Morgan fingerprint density at radius 1 is 1.32 bits per heavy atom. The number of hydrogen-bond acceptors (Lipinski definition) is 4. The molecule has 6 heteroatoms. The van der Waals surface area contributed by atoms with Crippen molar-refractivity contribution in [1.82, 2.24) is 4.98 Å². The second-order valence-electron chi connectivity index (χ2n) is 5.35. The van der Waals surface area contributed by atoms with E-state index in [0.29, 0.717) is 0 Å². The summed E-state index contributed by atoms with van der Waals surface area (Å²) in [6.07, 6.45) is 4.52. The maximum absolute atomic E-state index is 6.10. The molecule has 0 radical (unpaired) electrons. The standard InChI is InChI=1S/C16H21N3S.2ClH/c1-2-5-16-18-12(11-20-16)10-19-9-4-6-13-14(17)7-3-8-15(13)19;;/h3,7-8,11H,2,4-6,9-10,17H2,1H3;2*1H. The molecule has 0 unspecified atom stereocenters. The fourth-order valence-electron chi connectivity index (χ4n) is 2.84. The van der Waals surface area contributed by atoms with Gasteiger partial charge in [-0.15, -0.1) is 36.2 Å². The number of nitrogens with zero attached hydrogens (tertiary/aromatic N) is 2. The molecule has 0 bridgehead atoms. The lowest BCUT2D eigenvalue weighted by atomic mass is 10.00. The van der Waals surface area contributed by atoms with E-state index in [2.05, 4.69) is 29.3 Å². The fraction of sp³-hybridized carbons (Fsp3) is 0.438. The Bertz CT molecular complexity index is 601. The molecule has 3 nitrogen and oxygen atoms in total. The zero-order valence-corrected chi connectivity index (χ0v) is 15.2. The van der Waals surface area contributed by atoms with Crippen LogP contribution in [0.2, 0.25) is 0 Å². The highest BCUT2D eigenvalue weighted by molar-refractivity contribution is 7.09. The first kappa shape index (κ1) is 19.1. The van der Waals surface area contributed by atoms with Gasteiger partial charge in [0.15, 0.2) is 0 Å². The summed E-state index contributed by atoms with van der Waals surface area (Å²) < 4.78 is 0. The molecule has 2 aromatic rings. The van der Waals surface area contributed by atoms with E-state index < -0.39 is 0 Å². The molecule has 0 amide bonds. The SMILES string of the molecule is CCCc1nc(CN2CCCc3c(N)cccc32)cs1.Cl.Cl. The fourth-order valence-corrected chi connectivity index (χ4v) is 3.73. The second-order valence-corrected chi connectivity index (χ2v) is 6.30. The van der Waals surface area contributed by atoms with Crippen molar-refractivity contribution < 1.29 is 0 Å². The number of anilines is 2. The summed E-state index contributed by atoms with van der Waals surface area (Å²) in [4.78, 5) is 7.15. The van der Waals surface area contributed by atoms with Crippen molar-refractivity contribution in [2.75, 3.05) is 17.2 Å². The zero-order valence-electron chi connectivity index (χ0n) is 12.7. The average Bonchev–Trinajstić information content (AvgIpc) is 2.88. The number of fused-ring (bicyclic) bond motifs is 1. The van der Waals surface area contributed by atoms with Crippen LogP contribution in [0.25, 0.3) is 0 Å². The normalized spacial score (nSPS) is 13.0. The lowest BCUT2D eigenvalue weighted by Gasteiger charge is -2.31. The van der Waals surface area contributed by atoms with Crippen LogP contribution in [0.1, 0.15) is 36.0 Å². The minimum absolute atomic E-state index is 0. The van der Waals surface area contributed by atoms with Crippen molar-refractivity contribution in [3.63, 3.8) is 0 Å². The van der Waals surface area contributed by atoms with Gasteiger partial charge in [-0.1, -0.05) is 13.0 Å². The third-order valence-corrected chi connectivity index (χ3v) is 4.76. The quantitative estimate of drug-likeness (QED) is 0.818. The average molecular weight is 360 g/mol. The third kappa shape index (κ3) is 4.06. The molecular weight excluding hydrogens is 337 g/mol. The van der Waals surface area contributed by atoms with E-state index in [0.717, 1.165) is 38.0 Å². The third-order valence-electron chi connectivity index (χ3n) is 3.80. The molecule has 0 saturated heterocycles. The van der Waals surface area contributed by atoms with Crippen LogP contribution < -0.4 is 10.6 Å². The number of thiazole rings is 1. The summed E-state index contributed by atoms with van der Waals surface area (Å²) >= 11 is 1.78. The Labute approximate surface area is 148 Å². The van der Waals surface area contributed by atoms with E-state index in [1.165, 1.54) is 28.4 Å². The van der Waals surface area contributed by atoms with E-state index in [1.807, 2.05) is 6.07 Å². The molecular formula is C16H23Cl2N3S. The summed E-state index contributed by atoms with van der Waals surface area (Å²) in [5, 5.41) is 3.46. The van der Waals surface area contributed by atoms with Gasteiger partial charge in [0.25, 0.3) is 0 Å². The summed E-state index contributed by atoms with van der Waals surface area (Å²) in [5.41, 5.74) is 10.8. The Morgan fingerprint density at radius 2 is 2.14 bits per heavy atom. The number of halogens is 2. The summed E-state index contributed by atoms with van der Waals surface area (Å²) in [6.45, 7) is 4.19. The van der Waals surface area contributed by atoms with Crippen molar-refractivity contribution >= 4 is 47.5 Å². The van der Waals surface area contributed by atoms with Crippen LogP contribution in [0.5, 0.6) is 0 Å². The minimum Gasteiger partial charge on any atom is -0.398 e. The van der Waals surface area contributed by atoms with Gasteiger partial charge in [-0.25, -0.2) is 4.98 Å². The lowest BCUT2D eigenvalue weighted by molar-refractivity contribution is 0.685. The highest BCUT2D eigenvalue weighted by atomic mass is 35.5. The van der Waals surface area contributed by atoms with Gasteiger partial charge >= 0.3 is 0 Å². The maximum Gasteiger partial charge on any atom is 0.0928 e. The van der Waals surface area contributed by atoms with Crippen LogP contribution in [0.15, 0.2) is 23.6 Å². The summed E-state index contributed by atoms with van der Waals surface area (Å²) in [6, 6.07) is 6.24. The molecule has 1 aliphatic rings. The molecule has 1 aromatic heterocycles. The van der Waals surface area contributed by atoms with Gasteiger partial charge in [-0.3, -0.25) is 0 Å². The smallest absolute Gasteiger partial charge is 0.0928 e. The molecule has 1 aliphatic heterocycles. The van der Waals surface area contributed by atoms with Crippen LogP contribution >= 0.6 is 36.2 Å². The van der Waals surface area contributed by atoms with Crippen molar-refractivity contribution in [2.24, 2.45) is 0 Å². The van der Waals surface area contributed by atoms with E-state index in [4.69, 9.17) is 10.7 Å². The number of benzene rings is 1. The number of aryl methyl sites for hydroxylation is 1. The van der Waals surface area contributed by atoms with Crippen molar-refractivity contribution in [3.8, 4) is 0 Å². The predicted molar refractivity (Wildman–Crippen MR) is 101 cm³/mol. The molecule has 2 heterocycles. The van der Waals surface area contributed by atoms with E-state index in [-0.39, 0.29) is 24.8 Å². The van der Waals surface area contributed by atoms with Crippen LogP contribution in [0.4, 0.5) is 11.4 Å². The van der Waals surface area contributed by atoms with Gasteiger partial charge < -0.3 is 10.6 Å². The van der Waals surface area contributed by atoms with E-state index in [9.17, 15) is 0 Å². The van der Waals surface area contributed by atoms with Gasteiger partial charge in [0.05, 0.1) is 17.2 Å². The minimum atomic E-state index is 0. The Balaban J connectivity index is 0.00000121. The number of aromatic nitrogens is 1. The highest BCUT2D eigenvalue weighted by Crippen LogP contribution is 2.32. The molecule has 0 saturated carbocycles. The summed E-state index contributed by atoms with van der Waals surface area (Å²) in [7, 11) is 0. The van der Waals surface area contributed by atoms with Crippen molar-refractivity contribution in [2.45, 2.75) is 39.2 Å². The van der Waals surface area contributed by atoms with Crippen molar-refractivity contribution in [3.05, 3.63) is 39.8 Å². The molecule has 0 fully saturated rings. The van der Waals surface area contributed by atoms with E-state index in [1.54, 1.807) is 11.3 Å². The van der Waals surface area contributed by atoms with Gasteiger partial charge in [-0.2, -0.15) is 0 Å². The van der Waals surface area contributed by atoms with Crippen LogP contribution in [-0.2, 0) is 19.4 Å². The van der Waals surface area contributed by atoms with Crippen LogP contribution in [-0.4, -0.2) is 11.5 Å². The molecule has 0 spiro atoms. The zero-order chi connectivity index (χ0) is 13.9. The molecule has 2 N–H and O–H groups in total. The first-order valence-electron chi connectivity index (χ1n) is 7.33. The van der Waals surface area contributed by atoms with Gasteiger partial charge in [0, 0.05) is 23.3 Å². The highest BCUT2D eigenvalue weighted by Gasteiger charge is 2.19. The first-order valence-corrected chi connectivity index (χ1v) is 8.21. The number of nitrogens with two attached hydrogens (primary N) is 1. The van der Waals surface area contributed by atoms with Gasteiger partial charge in [0.2, 0.25) is 0 Å². The van der Waals surface area contributed by atoms with Crippen molar-refractivity contribution in [1.29, 1.82) is 0 Å². The molecule has 122 valence electrons. The largest absolute Gasteiger partial charge is 0.398 e. The second kappa shape index (κ2) is 8.61. The van der Waals surface area contributed by atoms with Crippen LogP contribution in [0.3, 0.4) is 0 Å². The van der Waals surface area contributed by atoms with E-state index >= 15 is 0 Å². The molecule has 1 aromatic carbocycles. The Kier molecular flexibility index (Phi) is 7.46. The molecule has 3 rings (SSSR count). The molecule has 22 heavy (non-hydrogen) atoms. The Morgan fingerprint density at radius 3 is 2.91 bits per heavy atom. The lowest BCUT2D eigenvalue weighted by Crippen LogP contribution is -2.29. The van der Waals surface area contributed by atoms with Gasteiger partial charge in [0.1, 0.15) is 0 Å². The number of rotatable bonds is 4.